The fraction of sp³-hybridized carbons (Fsp3) is 0.500. The summed E-state index contributed by atoms with van der Waals surface area (Å²) in [4.78, 5) is 11.0. The molecule has 0 aliphatic heterocycles. The van der Waals surface area contributed by atoms with Gasteiger partial charge in [0.25, 0.3) is 0 Å². The molecule has 4 nitrogen and oxygen atoms in total. The van der Waals surface area contributed by atoms with Crippen LogP contribution in [0.4, 0.5) is 0 Å². The molecule has 1 rings (SSSR count). The van der Waals surface area contributed by atoms with Crippen LogP contribution in [0.15, 0.2) is 18.2 Å². The number of para-hydroxylation sites is 1. The maximum absolute atomic E-state index is 11.0. The zero-order chi connectivity index (χ0) is 13.4. The van der Waals surface area contributed by atoms with Crippen molar-refractivity contribution in [2.75, 3.05) is 19.8 Å². The van der Waals surface area contributed by atoms with Crippen LogP contribution in [0, 0.1) is 6.92 Å². The number of aryl methyl sites for hydroxylation is 1. The average Bonchev–Trinajstić information content (AvgIpc) is 2.34. The monoisotopic (exact) mass is 252 g/mol. The van der Waals surface area contributed by atoms with Crippen LogP contribution in [0.3, 0.4) is 0 Å². The predicted molar refractivity (Wildman–Crippen MR) is 69.4 cm³/mol. The number of carboxylic acid groups (broad SMARTS) is 1. The van der Waals surface area contributed by atoms with E-state index in [4.69, 9.17) is 14.6 Å². The van der Waals surface area contributed by atoms with Crippen molar-refractivity contribution < 1.29 is 19.4 Å². The topological polar surface area (TPSA) is 55.8 Å². The Bertz CT molecular complexity index is 387. The van der Waals surface area contributed by atoms with Crippen molar-refractivity contribution in [3.63, 3.8) is 0 Å². The van der Waals surface area contributed by atoms with Gasteiger partial charge in [-0.2, -0.15) is 0 Å². The van der Waals surface area contributed by atoms with Crippen LogP contribution in [-0.4, -0.2) is 30.9 Å². The first-order chi connectivity index (χ1) is 8.66. The highest BCUT2D eigenvalue weighted by atomic mass is 16.5. The second-order valence-corrected chi connectivity index (χ2v) is 4.07. The van der Waals surface area contributed by atoms with Crippen molar-refractivity contribution >= 4 is 5.97 Å². The molecule has 0 saturated carbocycles. The zero-order valence-electron chi connectivity index (χ0n) is 10.9. The van der Waals surface area contributed by atoms with Crippen LogP contribution in [0.2, 0.25) is 0 Å². The van der Waals surface area contributed by atoms with Crippen LogP contribution in [-0.2, 0) is 4.74 Å². The van der Waals surface area contributed by atoms with Crippen molar-refractivity contribution in [2.45, 2.75) is 26.7 Å². The Morgan fingerprint density at radius 2 is 2.06 bits per heavy atom. The van der Waals surface area contributed by atoms with E-state index in [1.54, 1.807) is 12.1 Å². The van der Waals surface area contributed by atoms with E-state index in [0.717, 1.165) is 25.0 Å². The summed E-state index contributed by atoms with van der Waals surface area (Å²) >= 11 is 0. The summed E-state index contributed by atoms with van der Waals surface area (Å²) in [7, 11) is 0. The van der Waals surface area contributed by atoms with E-state index in [1.165, 1.54) is 0 Å². The molecule has 18 heavy (non-hydrogen) atoms. The van der Waals surface area contributed by atoms with Gasteiger partial charge in [-0.05, 0) is 25.0 Å². The molecule has 0 aliphatic rings. The lowest BCUT2D eigenvalue weighted by Gasteiger charge is -2.12. The summed E-state index contributed by atoms with van der Waals surface area (Å²) in [5.74, 6) is -0.537. The molecule has 0 aliphatic carbocycles. The molecule has 0 radical (unpaired) electrons. The van der Waals surface area contributed by atoms with Crippen molar-refractivity contribution in [1.29, 1.82) is 0 Å². The molecule has 4 heteroatoms. The Balaban J connectivity index is 2.48. The third-order valence-electron chi connectivity index (χ3n) is 2.56. The third-order valence-corrected chi connectivity index (χ3v) is 2.56. The number of hydrogen-bond acceptors (Lipinski definition) is 3. The standard InChI is InChI=1S/C14H20O4/c1-3-4-8-17-9-10-18-13-11(2)6-5-7-12(13)14(15)16/h5-7H,3-4,8-10H2,1-2H3,(H,15,16). The first kappa shape index (κ1) is 14.5. The van der Waals surface area contributed by atoms with E-state index in [-0.39, 0.29) is 5.56 Å². The largest absolute Gasteiger partial charge is 0.490 e. The second-order valence-electron chi connectivity index (χ2n) is 4.07. The summed E-state index contributed by atoms with van der Waals surface area (Å²) in [5, 5.41) is 9.05. The summed E-state index contributed by atoms with van der Waals surface area (Å²) in [6, 6.07) is 5.09. The van der Waals surface area contributed by atoms with Gasteiger partial charge >= 0.3 is 5.97 Å². The minimum absolute atomic E-state index is 0.198. The van der Waals surface area contributed by atoms with E-state index in [2.05, 4.69) is 6.92 Å². The third kappa shape index (κ3) is 4.37. The summed E-state index contributed by atoms with van der Waals surface area (Å²) in [6.45, 7) is 5.51. The molecule has 0 fully saturated rings. The van der Waals surface area contributed by atoms with Gasteiger partial charge in [-0.3, -0.25) is 0 Å². The van der Waals surface area contributed by atoms with Gasteiger partial charge in [-0.25, -0.2) is 4.79 Å². The van der Waals surface area contributed by atoms with Gasteiger partial charge in [-0.15, -0.1) is 0 Å². The fourth-order valence-electron chi connectivity index (χ4n) is 1.56. The number of ether oxygens (including phenoxy) is 2. The Labute approximate surface area is 108 Å². The highest BCUT2D eigenvalue weighted by Crippen LogP contribution is 2.23. The molecule has 100 valence electrons. The molecule has 1 N–H and O–H groups in total. The van der Waals surface area contributed by atoms with E-state index in [0.29, 0.717) is 19.0 Å². The van der Waals surface area contributed by atoms with Crippen molar-refractivity contribution in [2.24, 2.45) is 0 Å². The fourth-order valence-corrected chi connectivity index (χ4v) is 1.56. The number of carbonyl (C=O) groups is 1. The van der Waals surface area contributed by atoms with Gasteiger partial charge < -0.3 is 14.6 Å². The maximum atomic E-state index is 11.0. The van der Waals surface area contributed by atoms with Gasteiger partial charge in [0, 0.05) is 6.61 Å². The number of aromatic carboxylic acids is 1. The SMILES string of the molecule is CCCCOCCOc1c(C)cccc1C(=O)O. The van der Waals surface area contributed by atoms with Gasteiger partial charge in [0.05, 0.1) is 6.61 Å². The van der Waals surface area contributed by atoms with Crippen LogP contribution in [0.1, 0.15) is 35.7 Å². The maximum Gasteiger partial charge on any atom is 0.339 e. The molecule has 0 bridgehead atoms. The second kappa shape index (κ2) is 7.71. The molecule has 0 spiro atoms. The number of rotatable bonds is 8. The highest BCUT2D eigenvalue weighted by Gasteiger charge is 2.12. The van der Waals surface area contributed by atoms with E-state index in [9.17, 15) is 4.79 Å². The Morgan fingerprint density at radius 1 is 1.28 bits per heavy atom. The van der Waals surface area contributed by atoms with Crippen molar-refractivity contribution in [1.82, 2.24) is 0 Å². The Kier molecular flexibility index (Phi) is 6.22. The molecule has 0 aromatic heterocycles. The van der Waals surface area contributed by atoms with Crippen LogP contribution in [0.5, 0.6) is 5.75 Å². The number of benzene rings is 1. The Morgan fingerprint density at radius 3 is 2.72 bits per heavy atom. The molecule has 0 amide bonds. The van der Waals surface area contributed by atoms with Gasteiger partial charge in [-0.1, -0.05) is 25.5 Å². The van der Waals surface area contributed by atoms with E-state index < -0.39 is 5.97 Å². The van der Waals surface area contributed by atoms with Crippen LogP contribution < -0.4 is 4.74 Å². The summed E-state index contributed by atoms with van der Waals surface area (Å²) in [5.41, 5.74) is 1.02. The summed E-state index contributed by atoms with van der Waals surface area (Å²) in [6.07, 6.45) is 2.13. The predicted octanol–water partition coefficient (Wildman–Crippen LogP) is 2.89. The molecule has 0 atom stereocenters. The lowest BCUT2D eigenvalue weighted by molar-refractivity contribution is 0.0684. The highest BCUT2D eigenvalue weighted by molar-refractivity contribution is 5.91. The normalized spacial score (nSPS) is 10.3. The lowest BCUT2D eigenvalue weighted by atomic mass is 10.1. The smallest absolute Gasteiger partial charge is 0.339 e. The lowest BCUT2D eigenvalue weighted by Crippen LogP contribution is -2.11. The quantitative estimate of drug-likeness (QED) is 0.723. The zero-order valence-corrected chi connectivity index (χ0v) is 10.9. The number of carboxylic acids is 1. The molecular formula is C14H20O4. The average molecular weight is 252 g/mol. The molecule has 1 aromatic rings. The first-order valence-corrected chi connectivity index (χ1v) is 6.20. The molecular weight excluding hydrogens is 232 g/mol. The van der Waals surface area contributed by atoms with Gasteiger partial charge in [0.1, 0.15) is 17.9 Å². The first-order valence-electron chi connectivity index (χ1n) is 6.20. The van der Waals surface area contributed by atoms with Gasteiger partial charge in [0.2, 0.25) is 0 Å². The minimum atomic E-state index is -0.972. The number of unbranched alkanes of at least 4 members (excludes halogenated alkanes) is 1. The number of hydrogen-bond donors (Lipinski definition) is 1. The van der Waals surface area contributed by atoms with Gasteiger partial charge in [0.15, 0.2) is 0 Å². The molecule has 0 heterocycles. The molecule has 0 saturated heterocycles. The van der Waals surface area contributed by atoms with E-state index >= 15 is 0 Å². The van der Waals surface area contributed by atoms with Crippen LogP contribution in [0.25, 0.3) is 0 Å². The molecule has 1 aromatic carbocycles. The minimum Gasteiger partial charge on any atom is -0.490 e. The summed E-state index contributed by atoms with van der Waals surface area (Å²) < 4.78 is 10.9. The Hall–Kier alpha value is -1.55. The van der Waals surface area contributed by atoms with Crippen molar-refractivity contribution in [3.05, 3.63) is 29.3 Å². The molecule has 0 unspecified atom stereocenters. The van der Waals surface area contributed by atoms with E-state index in [1.807, 2.05) is 13.0 Å². The van der Waals surface area contributed by atoms with Crippen molar-refractivity contribution in [3.8, 4) is 5.75 Å². The van der Waals surface area contributed by atoms with Crippen LogP contribution >= 0.6 is 0 Å².